The van der Waals surface area contributed by atoms with Crippen molar-refractivity contribution in [1.29, 1.82) is 0 Å². The van der Waals surface area contributed by atoms with E-state index in [1.807, 2.05) is 0 Å². The Morgan fingerprint density at radius 3 is 2.57 bits per heavy atom. The van der Waals surface area contributed by atoms with Crippen molar-refractivity contribution in [2.24, 2.45) is 5.92 Å². The Bertz CT molecular complexity index is 531. The molecule has 0 bridgehead atoms. The van der Waals surface area contributed by atoms with Gasteiger partial charge in [0.1, 0.15) is 12.3 Å². The average Bonchev–Trinajstić information content (AvgIpc) is 3.20. The number of hydrogen-bond donors (Lipinski definition) is 1. The normalized spacial score (nSPS) is 14.0. The first-order valence-corrected chi connectivity index (χ1v) is 6.52. The maximum Gasteiger partial charge on any atom is 0.387 e. The van der Waals surface area contributed by atoms with Gasteiger partial charge in [-0.1, -0.05) is 12.1 Å². The molecule has 2 rings (SSSR count). The van der Waals surface area contributed by atoms with Gasteiger partial charge < -0.3 is 14.7 Å². The van der Waals surface area contributed by atoms with Crippen LogP contribution in [0.25, 0.3) is 0 Å². The van der Waals surface area contributed by atoms with Crippen LogP contribution >= 0.6 is 0 Å². The summed E-state index contributed by atoms with van der Waals surface area (Å²) < 4.78 is 29.0. The van der Waals surface area contributed by atoms with E-state index in [4.69, 9.17) is 5.11 Å². The van der Waals surface area contributed by atoms with Crippen LogP contribution in [0.3, 0.4) is 0 Å². The van der Waals surface area contributed by atoms with E-state index in [2.05, 4.69) is 4.74 Å². The summed E-state index contributed by atoms with van der Waals surface area (Å²) in [5, 5.41) is 8.88. The van der Waals surface area contributed by atoms with E-state index in [9.17, 15) is 18.4 Å². The average molecular weight is 299 g/mol. The highest BCUT2D eigenvalue weighted by atomic mass is 19.3. The molecule has 0 aromatic heterocycles. The van der Waals surface area contributed by atoms with Crippen LogP contribution in [0.2, 0.25) is 0 Å². The minimum Gasteiger partial charge on any atom is -0.480 e. The Morgan fingerprint density at radius 1 is 1.33 bits per heavy atom. The molecule has 0 aliphatic heterocycles. The SMILES string of the molecule is O=C(O)CN(CC1CC1)C(=O)c1ccccc1OC(F)F. The topological polar surface area (TPSA) is 66.8 Å². The molecular formula is C14H15F2NO4. The quantitative estimate of drug-likeness (QED) is 0.838. The summed E-state index contributed by atoms with van der Waals surface area (Å²) >= 11 is 0. The van der Waals surface area contributed by atoms with Crippen molar-refractivity contribution in [3.05, 3.63) is 29.8 Å². The minimum atomic E-state index is -3.05. The van der Waals surface area contributed by atoms with Gasteiger partial charge in [0, 0.05) is 6.54 Å². The molecule has 0 atom stereocenters. The lowest BCUT2D eigenvalue weighted by molar-refractivity contribution is -0.137. The fourth-order valence-electron chi connectivity index (χ4n) is 2.01. The second-order valence-corrected chi connectivity index (χ2v) is 4.90. The van der Waals surface area contributed by atoms with Crippen molar-refractivity contribution in [3.8, 4) is 5.75 Å². The molecule has 1 aliphatic carbocycles. The van der Waals surface area contributed by atoms with Gasteiger partial charge in [-0.25, -0.2) is 0 Å². The molecule has 21 heavy (non-hydrogen) atoms. The second kappa shape index (κ2) is 6.51. The molecule has 0 unspecified atom stereocenters. The zero-order valence-corrected chi connectivity index (χ0v) is 11.2. The number of alkyl halides is 2. The summed E-state index contributed by atoms with van der Waals surface area (Å²) in [6, 6.07) is 5.59. The molecule has 0 spiro atoms. The number of carbonyl (C=O) groups is 2. The van der Waals surface area contributed by atoms with Crippen LogP contribution in [0.15, 0.2) is 24.3 Å². The number of aliphatic carboxylic acids is 1. The lowest BCUT2D eigenvalue weighted by atomic mass is 10.1. The molecule has 1 N–H and O–H groups in total. The van der Waals surface area contributed by atoms with E-state index in [0.29, 0.717) is 6.54 Å². The smallest absolute Gasteiger partial charge is 0.387 e. The zero-order chi connectivity index (χ0) is 15.4. The molecule has 7 heteroatoms. The number of amides is 1. The molecule has 1 aromatic rings. The molecule has 0 saturated heterocycles. The number of hydrogen-bond acceptors (Lipinski definition) is 3. The first kappa shape index (κ1) is 15.2. The molecule has 1 amide bonds. The highest BCUT2D eigenvalue weighted by Crippen LogP contribution is 2.31. The van der Waals surface area contributed by atoms with Gasteiger partial charge in [0.25, 0.3) is 5.91 Å². The number of nitrogens with zero attached hydrogens (tertiary/aromatic N) is 1. The Hall–Kier alpha value is -2.18. The fourth-order valence-corrected chi connectivity index (χ4v) is 2.01. The number of halogens is 2. The van der Waals surface area contributed by atoms with E-state index in [0.717, 1.165) is 17.7 Å². The van der Waals surface area contributed by atoms with Gasteiger partial charge in [0.05, 0.1) is 5.56 Å². The van der Waals surface area contributed by atoms with E-state index in [-0.39, 0.29) is 17.2 Å². The number of carbonyl (C=O) groups excluding carboxylic acids is 1. The lowest BCUT2D eigenvalue weighted by Crippen LogP contribution is -2.37. The van der Waals surface area contributed by atoms with Gasteiger partial charge in [0.2, 0.25) is 0 Å². The third kappa shape index (κ3) is 4.40. The number of para-hydroxylation sites is 1. The van der Waals surface area contributed by atoms with Gasteiger partial charge >= 0.3 is 12.6 Å². The predicted octanol–water partition coefficient (Wildman–Crippen LogP) is 2.22. The van der Waals surface area contributed by atoms with Crippen LogP contribution in [-0.4, -0.2) is 41.6 Å². The third-order valence-corrected chi connectivity index (χ3v) is 3.12. The summed E-state index contributed by atoms with van der Waals surface area (Å²) in [6.07, 6.45) is 1.89. The van der Waals surface area contributed by atoms with Crippen molar-refractivity contribution in [3.63, 3.8) is 0 Å². The summed E-state index contributed by atoms with van der Waals surface area (Å²) in [4.78, 5) is 24.4. The van der Waals surface area contributed by atoms with Gasteiger partial charge in [0.15, 0.2) is 0 Å². The lowest BCUT2D eigenvalue weighted by Gasteiger charge is -2.21. The molecule has 0 radical (unpaired) electrons. The van der Waals surface area contributed by atoms with Crippen LogP contribution in [0.4, 0.5) is 8.78 Å². The largest absolute Gasteiger partial charge is 0.480 e. The number of carboxylic acid groups (broad SMARTS) is 1. The molecule has 1 saturated carbocycles. The van der Waals surface area contributed by atoms with Crippen LogP contribution in [-0.2, 0) is 4.79 Å². The van der Waals surface area contributed by atoms with Gasteiger partial charge in [-0.15, -0.1) is 0 Å². The summed E-state index contributed by atoms with van der Waals surface area (Å²) in [5.74, 6) is -1.71. The first-order valence-electron chi connectivity index (χ1n) is 6.52. The number of rotatable bonds is 7. The minimum absolute atomic E-state index is 0.0558. The van der Waals surface area contributed by atoms with Crippen molar-refractivity contribution in [1.82, 2.24) is 4.90 Å². The first-order chi connectivity index (χ1) is 9.97. The number of benzene rings is 1. The van der Waals surface area contributed by atoms with Crippen LogP contribution < -0.4 is 4.74 Å². The molecule has 1 fully saturated rings. The van der Waals surface area contributed by atoms with Crippen molar-refractivity contribution in [2.45, 2.75) is 19.5 Å². The van der Waals surface area contributed by atoms with E-state index in [1.54, 1.807) is 0 Å². The molecular weight excluding hydrogens is 284 g/mol. The highest BCUT2D eigenvalue weighted by Gasteiger charge is 2.29. The maximum atomic E-state index is 12.4. The Balaban J connectivity index is 2.20. The summed E-state index contributed by atoms with van der Waals surface area (Å²) in [5.41, 5.74) is -0.0558. The van der Waals surface area contributed by atoms with Crippen LogP contribution in [0.1, 0.15) is 23.2 Å². The maximum absolute atomic E-state index is 12.4. The van der Waals surface area contributed by atoms with E-state index in [1.165, 1.54) is 24.3 Å². The predicted molar refractivity (Wildman–Crippen MR) is 69.3 cm³/mol. The van der Waals surface area contributed by atoms with Crippen LogP contribution in [0, 0.1) is 5.92 Å². The molecule has 5 nitrogen and oxygen atoms in total. The number of carboxylic acids is 1. The van der Waals surface area contributed by atoms with E-state index < -0.39 is 25.0 Å². The van der Waals surface area contributed by atoms with Crippen molar-refractivity contribution >= 4 is 11.9 Å². The van der Waals surface area contributed by atoms with Gasteiger partial charge in [-0.05, 0) is 30.9 Å². The molecule has 0 heterocycles. The van der Waals surface area contributed by atoms with Gasteiger partial charge in [-0.3, -0.25) is 9.59 Å². The third-order valence-electron chi connectivity index (χ3n) is 3.12. The standard InChI is InChI=1S/C14H15F2NO4/c15-14(16)21-11-4-2-1-3-10(11)13(20)17(8-12(18)19)7-9-5-6-9/h1-4,9,14H,5-8H2,(H,18,19). The van der Waals surface area contributed by atoms with Crippen molar-refractivity contribution < 1.29 is 28.2 Å². The highest BCUT2D eigenvalue weighted by molar-refractivity contribution is 5.98. The monoisotopic (exact) mass is 299 g/mol. The zero-order valence-electron chi connectivity index (χ0n) is 11.2. The van der Waals surface area contributed by atoms with E-state index >= 15 is 0 Å². The van der Waals surface area contributed by atoms with Crippen molar-refractivity contribution in [2.75, 3.05) is 13.1 Å². The fraction of sp³-hybridized carbons (Fsp3) is 0.429. The van der Waals surface area contributed by atoms with Gasteiger partial charge in [-0.2, -0.15) is 8.78 Å². The summed E-state index contributed by atoms with van der Waals surface area (Å²) in [6.45, 7) is -3.19. The molecule has 1 aliphatic rings. The number of ether oxygens (including phenoxy) is 1. The Labute approximate surface area is 120 Å². The molecule has 1 aromatic carbocycles. The molecule has 114 valence electrons. The Kier molecular flexibility index (Phi) is 4.72. The second-order valence-electron chi connectivity index (χ2n) is 4.90. The summed E-state index contributed by atoms with van der Waals surface area (Å²) in [7, 11) is 0. The van der Waals surface area contributed by atoms with Crippen LogP contribution in [0.5, 0.6) is 5.75 Å². The Morgan fingerprint density at radius 2 is 2.00 bits per heavy atom.